The summed E-state index contributed by atoms with van der Waals surface area (Å²) in [6, 6.07) is 3.25. The summed E-state index contributed by atoms with van der Waals surface area (Å²) in [7, 11) is 0. The number of hydrogen-bond acceptors (Lipinski definition) is 3. The van der Waals surface area contributed by atoms with Crippen LogP contribution in [0.1, 0.15) is 24.9 Å². The summed E-state index contributed by atoms with van der Waals surface area (Å²) < 4.78 is 26.8. The Balaban J connectivity index is 1.99. The van der Waals surface area contributed by atoms with Crippen molar-refractivity contribution in [2.75, 3.05) is 26.2 Å². The van der Waals surface area contributed by atoms with Crippen molar-refractivity contribution in [2.24, 2.45) is 5.73 Å². The fraction of sp³-hybridized carbons (Fsp3) is 0.571. The Hall–Kier alpha value is -1.04. The Labute approximate surface area is 112 Å². The van der Waals surface area contributed by atoms with E-state index in [0.29, 0.717) is 6.42 Å². The molecule has 1 heterocycles. The van der Waals surface area contributed by atoms with Gasteiger partial charge in [0.15, 0.2) is 0 Å². The van der Waals surface area contributed by atoms with Gasteiger partial charge in [0.2, 0.25) is 0 Å². The van der Waals surface area contributed by atoms with Crippen LogP contribution in [-0.4, -0.2) is 37.1 Å². The van der Waals surface area contributed by atoms with Gasteiger partial charge in [-0.05, 0) is 31.5 Å². The molecule has 0 aromatic heterocycles. The van der Waals surface area contributed by atoms with Crippen LogP contribution in [0.4, 0.5) is 8.78 Å². The molecule has 0 aliphatic carbocycles. The van der Waals surface area contributed by atoms with Gasteiger partial charge in [-0.2, -0.15) is 0 Å². The third-order valence-corrected chi connectivity index (χ3v) is 3.73. The molecule has 1 aromatic rings. The number of halogens is 2. The highest BCUT2D eigenvalue weighted by atomic mass is 19.1. The minimum absolute atomic E-state index is 0.264. The number of rotatable bonds is 4. The van der Waals surface area contributed by atoms with Crippen LogP contribution < -0.4 is 11.1 Å². The van der Waals surface area contributed by atoms with E-state index in [1.165, 1.54) is 6.07 Å². The van der Waals surface area contributed by atoms with Crippen LogP contribution in [0, 0.1) is 11.6 Å². The van der Waals surface area contributed by atoms with E-state index >= 15 is 0 Å². The highest BCUT2D eigenvalue weighted by molar-refractivity contribution is 5.22. The van der Waals surface area contributed by atoms with Gasteiger partial charge in [-0.25, -0.2) is 8.78 Å². The number of nitrogens with zero attached hydrogens (tertiary/aromatic N) is 1. The minimum atomic E-state index is -0.472. The predicted molar refractivity (Wildman–Crippen MR) is 71.8 cm³/mol. The molecule has 0 bridgehead atoms. The molecule has 1 aliphatic heterocycles. The third-order valence-electron chi connectivity index (χ3n) is 3.73. The molecule has 5 heteroatoms. The largest absolute Gasteiger partial charge is 0.324 e. The van der Waals surface area contributed by atoms with E-state index in [0.717, 1.165) is 38.3 Å². The summed E-state index contributed by atoms with van der Waals surface area (Å²) in [5.74, 6) is -0.872. The van der Waals surface area contributed by atoms with Crippen LogP contribution in [0.5, 0.6) is 0 Å². The Morgan fingerprint density at radius 2 is 2.00 bits per heavy atom. The molecule has 2 rings (SSSR count). The normalized spacial score (nSPS) is 20.2. The van der Waals surface area contributed by atoms with E-state index in [1.807, 2.05) is 0 Å². The Morgan fingerprint density at radius 1 is 1.32 bits per heavy atom. The van der Waals surface area contributed by atoms with Crippen molar-refractivity contribution in [2.45, 2.75) is 25.4 Å². The highest BCUT2D eigenvalue weighted by Gasteiger charge is 2.21. The van der Waals surface area contributed by atoms with E-state index < -0.39 is 17.7 Å². The summed E-state index contributed by atoms with van der Waals surface area (Å²) in [6.07, 6.45) is 0.625. The summed E-state index contributed by atoms with van der Waals surface area (Å²) in [4.78, 5) is 2.33. The molecule has 1 aromatic carbocycles. The molecule has 0 spiro atoms. The van der Waals surface area contributed by atoms with E-state index in [9.17, 15) is 8.78 Å². The highest BCUT2D eigenvalue weighted by Crippen LogP contribution is 2.22. The summed E-state index contributed by atoms with van der Waals surface area (Å²) in [6.45, 7) is 5.96. The average molecular weight is 269 g/mol. The maximum absolute atomic E-state index is 13.6. The lowest BCUT2D eigenvalue weighted by atomic mass is 9.99. The molecule has 19 heavy (non-hydrogen) atoms. The van der Waals surface area contributed by atoms with Crippen molar-refractivity contribution in [3.05, 3.63) is 35.4 Å². The van der Waals surface area contributed by atoms with Crippen molar-refractivity contribution in [1.82, 2.24) is 10.2 Å². The smallest absolute Gasteiger partial charge is 0.128 e. The Kier molecular flexibility index (Phi) is 4.85. The van der Waals surface area contributed by atoms with Gasteiger partial charge >= 0.3 is 0 Å². The molecule has 106 valence electrons. The summed E-state index contributed by atoms with van der Waals surface area (Å²) >= 11 is 0. The van der Waals surface area contributed by atoms with Crippen LogP contribution in [0.2, 0.25) is 0 Å². The van der Waals surface area contributed by atoms with Gasteiger partial charge in [-0.3, -0.25) is 4.90 Å². The molecule has 1 aliphatic rings. The quantitative estimate of drug-likeness (QED) is 0.873. The number of hydrogen-bond donors (Lipinski definition) is 2. The van der Waals surface area contributed by atoms with Gasteiger partial charge in [-0.15, -0.1) is 0 Å². The van der Waals surface area contributed by atoms with E-state index in [-0.39, 0.29) is 11.6 Å². The molecule has 2 unspecified atom stereocenters. The fourth-order valence-electron chi connectivity index (χ4n) is 2.57. The summed E-state index contributed by atoms with van der Waals surface area (Å²) in [5, 5.41) is 3.29. The molecule has 1 saturated heterocycles. The predicted octanol–water partition coefficient (Wildman–Crippen LogP) is 1.65. The number of piperazine rings is 1. The lowest BCUT2D eigenvalue weighted by molar-refractivity contribution is 0.170. The fourth-order valence-corrected chi connectivity index (χ4v) is 2.57. The van der Waals surface area contributed by atoms with Gasteiger partial charge in [0.25, 0.3) is 0 Å². The van der Waals surface area contributed by atoms with Crippen molar-refractivity contribution in [3.63, 3.8) is 0 Å². The summed E-state index contributed by atoms with van der Waals surface area (Å²) in [5.41, 5.74) is 6.29. The molecular weight excluding hydrogens is 248 g/mol. The number of benzene rings is 1. The minimum Gasteiger partial charge on any atom is -0.324 e. The maximum Gasteiger partial charge on any atom is 0.128 e. The van der Waals surface area contributed by atoms with Crippen LogP contribution >= 0.6 is 0 Å². The van der Waals surface area contributed by atoms with Crippen molar-refractivity contribution in [1.29, 1.82) is 0 Å². The molecule has 2 atom stereocenters. The molecule has 0 radical (unpaired) electrons. The third kappa shape index (κ3) is 3.72. The first-order chi connectivity index (χ1) is 9.08. The standard InChI is InChI=1S/C14H21F2N3/c1-10(19-6-4-18-5-7-19)8-14(17)12-9-11(15)2-3-13(12)16/h2-3,9-10,14,18H,4-8,17H2,1H3. The van der Waals surface area contributed by atoms with E-state index in [4.69, 9.17) is 5.73 Å². The van der Waals surface area contributed by atoms with Gasteiger partial charge in [-0.1, -0.05) is 0 Å². The lowest BCUT2D eigenvalue weighted by Gasteiger charge is -2.34. The van der Waals surface area contributed by atoms with Gasteiger partial charge in [0.05, 0.1) is 0 Å². The average Bonchev–Trinajstić information content (AvgIpc) is 2.42. The number of nitrogens with one attached hydrogen (secondary N) is 1. The number of nitrogens with two attached hydrogens (primary N) is 1. The van der Waals surface area contributed by atoms with Crippen molar-refractivity contribution < 1.29 is 8.78 Å². The molecule has 0 saturated carbocycles. The first-order valence-corrected chi connectivity index (χ1v) is 6.73. The van der Waals surface area contributed by atoms with Gasteiger partial charge in [0.1, 0.15) is 11.6 Å². The van der Waals surface area contributed by atoms with Crippen LogP contribution in [0.25, 0.3) is 0 Å². The zero-order valence-corrected chi connectivity index (χ0v) is 11.2. The van der Waals surface area contributed by atoms with Crippen molar-refractivity contribution >= 4 is 0 Å². The second kappa shape index (κ2) is 6.41. The molecule has 1 fully saturated rings. The second-order valence-corrected chi connectivity index (χ2v) is 5.14. The topological polar surface area (TPSA) is 41.3 Å². The zero-order valence-electron chi connectivity index (χ0n) is 11.2. The van der Waals surface area contributed by atoms with Crippen LogP contribution in [0.15, 0.2) is 18.2 Å². The lowest BCUT2D eigenvalue weighted by Crippen LogP contribution is -2.48. The first-order valence-electron chi connectivity index (χ1n) is 6.73. The molecular formula is C14H21F2N3. The Morgan fingerprint density at radius 3 is 2.68 bits per heavy atom. The van der Waals surface area contributed by atoms with E-state index in [1.54, 1.807) is 0 Å². The van der Waals surface area contributed by atoms with Crippen LogP contribution in [-0.2, 0) is 0 Å². The molecule has 0 amide bonds. The Bertz CT molecular complexity index is 419. The van der Waals surface area contributed by atoms with Crippen molar-refractivity contribution in [3.8, 4) is 0 Å². The van der Waals surface area contributed by atoms with Crippen LogP contribution in [0.3, 0.4) is 0 Å². The SMILES string of the molecule is CC(CC(N)c1cc(F)ccc1F)N1CCNCC1. The monoisotopic (exact) mass is 269 g/mol. The first kappa shape index (κ1) is 14.4. The second-order valence-electron chi connectivity index (χ2n) is 5.14. The zero-order chi connectivity index (χ0) is 13.8. The molecule has 3 N–H and O–H groups in total. The van der Waals surface area contributed by atoms with Gasteiger partial charge in [0, 0.05) is 43.8 Å². The maximum atomic E-state index is 13.6. The van der Waals surface area contributed by atoms with E-state index in [2.05, 4.69) is 17.1 Å². The van der Waals surface area contributed by atoms with Gasteiger partial charge < -0.3 is 11.1 Å². The molecule has 3 nitrogen and oxygen atoms in total.